The first-order valence-electron chi connectivity index (χ1n) is 15.5. The van der Waals surface area contributed by atoms with Crippen LogP contribution < -0.4 is 0 Å². The van der Waals surface area contributed by atoms with Crippen LogP contribution in [0.2, 0.25) is 18.1 Å². The van der Waals surface area contributed by atoms with E-state index in [1.807, 2.05) is 54.6 Å². The molecule has 0 bridgehead atoms. The van der Waals surface area contributed by atoms with E-state index in [2.05, 4.69) is 33.9 Å². The van der Waals surface area contributed by atoms with E-state index in [-0.39, 0.29) is 29.3 Å². The maximum absolute atomic E-state index is 13.5. The molecule has 45 heavy (non-hydrogen) atoms. The number of aromatic nitrogens is 1. The second kappa shape index (κ2) is 13.9. The fraction of sp³-hybridized carbons (Fsp3) is 0.429. The number of benzene rings is 3. The van der Waals surface area contributed by atoms with E-state index in [4.69, 9.17) is 18.6 Å². The van der Waals surface area contributed by atoms with Crippen LogP contribution in [0.5, 0.6) is 0 Å². The Bertz CT molecular complexity index is 1650. The largest absolute Gasteiger partial charge is 0.409 e. The molecule has 0 amide bonds. The van der Waals surface area contributed by atoms with Crippen LogP contribution in [0.1, 0.15) is 38.3 Å². The number of ether oxygens (including phenoxy) is 3. The summed E-state index contributed by atoms with van der Waals surface area (Å²) >= 11 is 0. The highest BCUT2D eigenvalue weighted by molar-refractivity contribution is 7.90. The highest BCUT2D eigenvalue weighted by atomic mass is 32.2. The van der Waals surface area contributed by atoms with Crippen molar-refractivity contribution in [3.05, 3.63) is 102 Å². The maximum Gasteiger partial charge on any atom is 0.268 e. The smallest absolute Gasteiger partial charge is 0.268 e. The first-order valence-corrected chi connectivity index (χ1v) is 19.9. The van der Waals surface area contributed by atoms with E-state index in [0.717, 1.165) is 16.5 Å². The molecule has 1 aromatic heterocycles. The second-order valence-electron chi connectivity index (χ2n) is 13.1. The molecule has 4 aromatic rings. The average Bonchev–Trinajstić information content (AvgIpc) is 3.40. The Kier molecular flexibility index (Phi) is 10.3. The summed E-state index contributed by atoms with van der Waals surface area (Å²) in [6.45, 7) is 11.4. The Morgan fingerprint density at radius 1 is 0.911 bits per heavy atom. The summed E-state index contributed by atoms with van der Waals surface area (Å²) in [6, 6.07) is 25.9. The van der Waals surface area contributed by atoms with Crippen molar-refractivity contribution in [3.8, 4) is 0 Å². The summed E-state index contributed by atoms with van der Waals surface area (Å²) < 4.78 is 54.3. The molecule has 1 saturated heterocycles. The van der Waals surface area contributed by atoms with Crippen LogP contribution in [0, 0.1) is 0 Å². The lowest BCUT2D eigenvalue weighted by molar-refractivity contribution is -0.274. The minimum absolute atomic E-state index is 0.0299. The summed E-state index contributed by atoms with van der Waals surface area (Å²) in [4.78, 5) is 0.230. The third-order valence-corrected chi connectivity index (χ3v) is 15.1. The second-order valence-corrected chi connectivity index (χ2v) is 19.7. The molecule has 2 heterocycles. The van der Waals surface area contributed by atoms with Crippen LogP contribution in [0.3, 0.4) is 0 Å². The van der Waals surface area contributed by atoms with Crippen molar-refractivity contribution >= 4 is 29.2 Å². The van der Waals surface area contributed by atoms with Gasteiger partial charge in [0, 0.05) is 18.0 Å². The van der Waals surface area contributed by atoms with Gasteiger partial charge in [-0.1, -0.05) is 87.5 Å². The number of rotatable bonds is 12. The van der Waals surface area contributed by atoms with Gasteiger partial charge < -0.3 is 23.7 Å². The Hall–Kier alpha value is -2.83. The molecule has 1 N–H and O–H groups in total. The van der Waals surface area contributed by atoms with Gasteiger partial charge in [0.2, 0.25) is 0 Å². The van der Waals surface area contributed by atoms with E-state index >= 15 is 0 Å². The lowest BCUT2D eigenvalue weighted by Crippen LogP contribution is -2.56. The van der Waals surface area contributed by atoms with Crippen molar-refractivity contribution in [3.63, 3.8) is 0 Å². The highest BCUT2D eigenvalue weighted by Gasteiger charge is 2.46. The summed E-state index contributed by atoms with van der Waals surface area (Å²) in [5.41, 5.74) is 2.51. The Morgan fingerprint density at radius 2 is 1.56 bits per heavy atom. The number of hydrogen-bond acceptors (Lipinski definition) is 7. The van der Waals surface area contributed by atoms with Crippen LogP contribution in [0.25, 0.3) is 10.9 Å². The van der Waals surface area contributed by atoms with Gasteiger partial charge in [0.25, 0.3) is 10.0 Å². The van der Waals surface area contributed by atoms with E-state index < -0.39 is 36.8 Å². The zero-order chi connectivity index (χ0) is 32.2. The molecule has 0 spiro atoms. The predicted octanol–water partition coefficient (Wildman–Crippen LogP) is 6.52. The van der Waals surface area contributed by atoms with E-state index in [1.165, 1.54) is 3.97 Å². The molecule has 5 rings (SSSR count). The molecule has 0 saturated carbocycles. The zero-order valence-electron chi connectivity index (χ0n) is 26.8. The summed E-state index contributed by atoms with van der Waals surface area (Å²) in [6.07, 6.45) is 0.614. The number of aliphatic hydroxyl groups is 1. The average molecular weight is 652 g/mol. The van der Waals surface area contributed by atoms with Gasteiger partial charge in [0.05, 0.1) is 42.4 Å². The van der Waals surface area contributed by atoms with Gasteiger partial charge >= 0.3 is 0 Å². The summed E-state index contributed by atoms with van der Waals surface area (Å²) in [7, 11) is -6.00. The van der Waals surface area contributed by atoms with E-state index in [0.29, 0.717) is 25.0 Å². The SMILES string of the molecule is CC(C)(C)[Si](C)(C)O[C@@H]1C[C@@H](OCc2ccccc2)[C@@H](CO)O[C@H]1OCCc1cn(S(=O)(=O)c2ccccc2)c2ccccc12. The molecule has 1 aliphatic rings. The molecule has 8 nitrogen and oxygen atoms in total. The van der Waals surface area contributed by atoms with Crippen molar-refractivity contribution in [2.24, 2.45) is 0 Å². The lowest BCUT2D eigenvalue weighted by Gasteiger charge is -2.46. The molecular formula is C35H45NO7SSi. The maximum atomic E-state index is 13.5. The third-order valence-electron chi connectivity index (χ3n) is 8.94. The molecule has 0 unspecified atom stereocenters. The van der Waals surface area contributed by atoms with Crippen LogP contribution in [0.15, 0.2) is 96.0 Å². The van der Waals surface area contributed by atoms with Crippen molar-refractivity contribution in [1.82, 2.24) is 3.97 Å². The van der Waals surface area contributed by atoms with E-state index in [9.17, 15) is 13.5 Å². The Balaban J connectivity index is 1.34. The topological polar surface area (TPSA) is 96.2 Å². The van der Waals surface area contributed by atoms with E-state index in [1.54, 1.807) is 36.5 Å². The minimum Gasteiger partial charge on any atom is -0.409 e. The van der Waals surface area contributed by atoms with Crippen molar-refractivity contribution in [2.45, 2.75) is 87.8 Å². The Morgan fingerprint density at radius 3 is 2.22 bits per heavy atom. The molecule has 1 fully saturated rings. The summed E-state index contributed by atoms with van der Waals surface area (Å²) in [5.74, 6) is 0. The Labute approximate surface area is 268 Å². The third kappa shape index (κ3) is 7.60. The van der Waals surface area contributed by atoms with Crippen molar-refractivity contribution in [1.29, 1.82) is 0 Å². The monoisotopic (exact) mass is 651 g/mol. The van der Waals surface area contributed by atoms with Gasteiger partial charge in [-0.25, -0.2) is 12.4 Å². The van der Waals surface area contributed by atoms with Crippen LogP contribution in [0.4, 0.5) is 0 Å². The van der Waals surface area contributed by atoms with Crippen molar-refractivity contribution in [2.75, 3.05) is 13.2 Å². The fourth-order valence-electron chi connectivity index (χ4n) is 5.37. The van der Waals surface area contributed by atoms with Crippen LogP contribution >= 0.6 is 0 Å². The minimum atomic E-state index is -3.78. The molecular weight excluding hydrogens is 607 g/mol. The summed E-state index contributed by atoms with van der Waals surface area (Å²) in [5, 5.41) is 11.1. The number of hydrogen-bond donors (Lipinski definition) is 1. The zero-order valence-corrected chi connectivity index (χ0v) is 28.6. The van der Waals surface area contributed by atoms with Gasteiger partial charge in [-0.2, -0.15) is 0 Å². The number of para-hydroxylation sites is 1. The van der Waals surface area contributed by atoms with Crippen molar-refractivity contribution < 1.29 is 32.2 Å². The van der Waals surface area contributed by atoms with Gasteiger partial charge in [0.15, 0.2) is 14.6 Å². The first kappa shape index (κ1) is 33.5. The number of aliphatic hydroxyl groups excluding tert-OH is 1. The molecule has 0 aliphatic carbocycles. The number of nitrogens with zero attached hydrogens (tertiary/aromatic N) is 1. The van der Waals surface area contributed by atoms with Gasteiger partial charge in [-0.05, 0) is 53.9 Å². The van der Waals surface area contributed by atoms with Crippen LogP contribution in [-0.4, -0.2) is 63.6 Å². The number of fused-ring (bicyclic) bond motifs is 1. The van der Waals surface area contributed by atoms with Crippen LogP contribution in [-0.2, 0) is 41.7 Å². The van der Waals surface area contributed by atoms with Gasteiger partial charge in [-0.15, -0.1) is 0 Å². The molecule has 4 atom stereocenters. The predicted molar refractivity (Wildman–Crippen MR) is 178 cm³/mol. The molecule has 3 aromatic carbocycles. The standard InChI is InChI=1S/C35H45NO7SSi/c1-35(2,3)45(4,5)43-32-22-31(41-25-26-14-8-6-9-15-26)33(24-37)42-34(32)40-21-20-27-23-36(30-19-13-12-18-29(27)30)44(38,39)28-16-10-7-11-17-28/h6-19,23,31-34,37H,20-22,24-25H2,1-5H3/t31-,32-,33-,34-/m1/s1. The molecule has 1 aliphatic heterocycles. The normalized spacial score (nSPS) is 21.3. The lowest BCUT2D eigenvalue weighted by atomic mass is 10.0. The highest BCUT2D eigenvalue weighted by Crippen LogP contribution is 2.40. The molecule has 242 valence electrons. The quantitative estimate of drug-likeness (QED) is 0.174. The molecule has 0 radical (unpaired) electrons. The molecule has 10 heteroatoms. The first-order chi connectivity index (χ1) is 21.4. The fourth-order valence-corrected chi connectivity index (χ4v) is 8.10. The van der Waals surface area contributed by atoms with Gasteiger partial charge in [-0.3, -0.25) is 0 Å². The van der Waals surface area contributed by atoms with Gasteiger partial charge in [0.1, 0.15) is 6.10 Å².